The molecule has 2 aromatic rings. The van der Waals surface area contributed by atoms with E-state index in [1.807, 2.05) is 18.2 Å². The number of ether oxygens (including phenoxy) is 2. The van der Waals surface area contributed by atoms with Crippen molar-refractivity contribution < 1.29 is 14.3 Å². The molecule has 1 saturated heterocycles. The van der Waals surface area contributed by atoms with Crippen molar-refractivity contribution in [3.63, 3.8) is 0 Å². The topological polar surface area (TPSA) is 66.6 Å². The van der Waals surface area contributed by atoms with E-state index in [2.05, 4.69) is 22.2 Å². The van der Waals surface area contributed by atoms with Crippen molar-refractivity contribution >= 4 is 16.8 Å². The summed E-state index contributed by atoms with van der Waals surface area (Å²) in [6.07, 6.45) is 0.990. The van der Waals surface area contributed by atoms with Gasteiger partial charge in [0.1, 0.15) is 5.69 Å². The normalized spacial score (nSPS) is 18.6. The molecule has 0 radical (unpaired) electrons. The molecule has 0 saturated carbocycles. The molecule has 0 aliphatic carbocycles. The quantitative estimate of drug-likeness (QED) is 0.901. The van der Waals surface area contributed by atoms with Crippen LogP contribution in [0.2, 0.25) is 0 Å². The Morgan fingerprint density at radius 2 is 2.00 bits per heavy atom. The number of hydrogen-bond acceptors (Lipinski definition) is 4. The van der Waals surface area contributed by atoms with Crippen LogP contribution in [0.3, 0.4) is 0 Å². The lowest BCUT2D eigenvalue weighted by atomic mass is 10.2. The molecule has 6 heteroatoms. The fraction of sp³-hybridized carbons (Fsp3) is 0.438. The van der Waals surface area contributed by atoms with Crippen molar-refractivity contribution in [3.05, 3.63) is 23.9 Å². The van der Waals surface area contributed by atoms with Crippen LogP contribution in [-0.2, 0) is 0 Å². The molecule has 6 nitrogen and oxygen atoms in total. The zero-order valence-electron chi connectivity index (χ0n) is 13.1. The van der Waals surface area contributed by atoms with Crippen molar-refractivity contribution in [1.29, 1.82) is 0 Å². The number of likely N-dealkylation sites (N-methyl/N-ethyl adjacent to an activating group) is 1. The Morgan fingerprint density at radius 3 is 2.64 bits per heavy atom. The number of H-pyrrole nitrogens is 1. The fourth-order valence-corrected chi connectivity index (χ4v) is 2.90. The Labute approximate surface area is 129 Å². The van der Waals surface area contributed by atoms with Crippen LogP contribution in [0, 0.1) is 0 Å². The number of hydrogen-bond donors (Lipinski definition) is 2. The van der Waals surface area contributed by atoms with E-state index < -0.39 is 0 Å². The maximum absolute atomic E-state index is 12.4. The van der Waals surface area contributed by atoms with Crippen molar-refractivity contribution in [3.8, 4) is 11.5 Å². The molecular weight excluding hydrogens is 282 g/mol. The van der Waals surface area contributed by atoms with Crippen LogP contribution in [0.1, 0.15) is 16.9 Å². The Bertz CT molecular complexity index is 654. The number of nitrogens with zero attached hydrogens (tertiary/aromatic N) is 1. The zero-order valence-corrected chi connectivity index (χ0v) is 13.1. The van der Waals surface area contributed by atoms with Crippen molar-refractivity contribution in [2.45, 2.75) is 12.5 Å². The van der Waals surface area contributed by atoms with Crippen molar-refractivity contribution in [2.75, 3.05) is 34.4 Å². The molecule has 2 N–H and O–H groups in total. The first kappa shape index (κ1) is 14.7. The van der Waals surface area contributed by atoms with Gasteiger partial charge in [0, 0.05) is 29.6 Å². The molecule has 1 fully saturated rings. The molecule has 118 valence electrons. The van der Waals surface area contributed by atoms with Crippen LogP contribution in [0.4, 0.5) is 0 Å². The number of aromatic nitrogens is 1. The SMILES string of the molecule is COc1cc2cc(C(=O)NC3CCN(C)C3)[nH]c2cc1OC. The molecule has 1 atom stereocenters. The molecule has 1 aromatic carbocycles. The third-order valence-electron chi connectivity index (χ3n) is 4.10. The predicted octanol–water partition coefficient (Wildman–Crippen LogP) is 1.62. The molecule has 1 aliphatic rings. The number of rotatable bonds is 4. The average molecular weight is 303 g/mol. The summed E-state index contributed by atoms with van der Waals surface area (Å²) >= 11 is 0. The minimum atomic E-state index is -0.0746. The van der Waals surface area contributed by atoms with Crippen LogP contribution in [0.15, 0.2) is 18.2 Å². The fourth-order valence-electron chi connectivity index (χ4n) is 2.90. The van der Waals surface area contributed by atoms with E-state index >= 15 is 0 Å². The van der Waals surface area contributed by atoms with Crippen LogP contribution in [0.5, 0.6) is 11.5 Å². The average Bonchev–Trinajstić information content (AvgIpc) is 3.11. The van der Waals surface area contributed by atoms with Gasteiger partial charge in [-0.05, 0) is 32.1 Å². The number of fused-ring (bicyclic) bond motifs is 1. The first-order valence-corrected chi connectivity index (χ1v) is 7.35. The predicted molar refractivity (Wildman–Crippen MR) is 84.8 cm³/mol. The molecular formula is C16H21N3O3. The van der Waals surface area contributed by atoms with Gasteiger partial charge in [-0.3, -0.25) is 4.79 Å². The van der Waals surface area contributed by atoms with E-state index in [1.54, 1.807) is 14.2 Å². The third kappa shape index (κ3) is 2.74. The summed E-state index contributed by atoms with van der Waals surface area (Å²) in [6, 6.07) is 5.76. The van der Waals surface area contributed by atoms with E-state index in [1.165, 1.54) is 0 Å². The molecule has 1 aliphatic heterocycles. The molecule has 0 spiro atoms. The Kier molecular flexibility index (Phi) is 3.94. The molecule has 3 rings (SSSR count). The molecule has 2 heterocycles. The van der Waals surface area contributed by atoms with Gasteiger partial charge >= 0.3 is 0 Å². The van der Waals surface area contributed by atoms with Crippen LogP contribution in [0.25, 0.3) is 10.9 Å². The summed E-state index contributed by atoms with van der Waals surface area (Å²) in [5.41, 5.74) is 1.41. The number of carbonyl (C=O) groups excluding carboxylic acids is 1. The standard InChI is InChI=1S/C16H21N3O3/c1-19-5-4-11(9-19)17-16(20)13-6-10-7-14(21-2)15(22-3)8-12(10)18-13/h6-8,11,18H,4-5,9H2,1-3H3,(H,17,20). The highest BCUT2D eigenvalue weighted by Crippen LogP contribution is 2.32. The summed E-state index contributed by atoms with van der Waals surface area (Å²) in [5, 5.41) is 3.99. The van der Waals surface area contributed by atoms with Gasteiger partial charge in [-0.1, -0.05) is 0 Å². The highest BCUT2D eigenvalue weighted by molar-refractivity contribution is 5.98. The summed E-state index contributed by atoms with van der Waals surface area (Å²) in [7, 11) is 5.26. The maximum Gasteiger partial charge on any atom is 0.267 e. The van der Waals surface area contributed by atoms with Gasteiger partial charge in [-0.15, -0.1) is 0 Å². The van der Waals surface area contributed by atoms with E-state index in [-0.39, 0.29) is 11.9 Å². The second kappa shape index (κ2) is 5.88. The number of nitrogens with one attached hydrogen (secondary N) is 2. The first-order valence-electron chi connectivity index (χ1n) is 7.35. The van der Waals surface area contributed by atoms with Gasteiger partial charge < -0.3 is 24.7 Å². The molecule has 1 unspecified atom stereocenters. The van der Waals surface area contributed by atoms with Gasteiger partial charge in [0.15, 0.2) is 11.5 Å². The van der Waals surface area contributed by atoms with Crippen LogP contribution < -0.4 is 14.8 Å². The number of benzene rings is 1. The monoisotopic (exact) mass is 303 g/mol. The largest absolute Gasteiger partial charge is 0.493 e. The summed E-state index contributed by atoms with van der Waals surface area (Å²) in [4.78, 5) is 17.7. The number of aromatic amines is 1. The van der Waals surface area contributed by atoms with E-state index in [0.29, 0.717) is 17.2 Å². The Balaban J connectivity index is 1.83. The third-order valence-corrected chi connectivity index (χ3v) is 4.10. The first-order chi connectivity index (χ1) is 10.6. The van der Waals surface area contributed by atoms with Gasteiger partial charge in [-0.25, -0.2) is 0 Å². The number of likely N-dealkylation sites (tertiary alicyclic amines) is 1. The van der Waals surface area contributed by atoms with Crippen LogP contribution >= 0.6 is 0 Å². The van der Waals surface area contributed by atoms with E-state index in [4.69, 9.17) is 9.47 Å². The molecule has 1 amide bonds. The van der Waals surface area contributed by atoms with E-state index in [9.17, 15) is 4.79 Å². The van der Waals surface area contributed by atoms with Crippen molar-refractivity contribution in [2.24, 2.45) is 0 Å². The minimum absolute atomic E-state index is 0.0746. The lowest BCUT2D eigenvalue weighted by molar-refractivity contribution is 0.0934. The second-order valence-corrected chi connectivity index (χ2v) is 5.70. The number of amides is 1. The lowest BCUT2D eigenvalue weighted by Gasteiger charge is -2.11. The minimum Gasteiger partial charge on any atom is -0.493 e. The smallest absolute Gasteiger partial charge is 0.267 e. The highest BCUT2D eigenvalue weighted by atomic mass is 16.5. The molecule has 0 bridgehead atoms. The van der Waals surface area contributed by atoms with Crippen LogP contribution in [-0.4, -0.2) is 56.2 Å². The number of carbonyl (C=O) groups is 1. The highest BCUT2D eigenvalue weighted by Gasteiger charge is 2.22. The zero-order chi connectivity index (χ0) is 15.7. The number of methoxy groups -OCH3 is 2. The van der Waals surface area contributed by atoms with E-state index in [0.717, 1.165) is 30.4 Å². The van der Waals surface area contributed by atoms with Crippen molar-refractivity contribution in [1.82, 2.24) is 15.2 Å². The lowest BCUT2D eigenvalue weighted by Crippen LogP contribution is -2.36. The Morgan fingerprint density at radius 1 is 1.27 bits per heavy atom. The van der Waals surface area contributed by atoms with Gasteiger partial charge in [-0.2, -0.15) is 0 Å². The van der Waals surface area contributed by atoms with Gasteiger partial charge in [0.2, 0.25) is 0 Å². The second-order valence-electron chi connectivity index (χ2n) is 5.70. The molecule has 22 heavy (non-hydrogen) atoms. The summed E-state index contributed by atoms with van der Waals surface area (Å²) in [5.74, 6) is 1.22. The molecule has 1 aromatic heterocycles. The summed E-state index contributed by atoms with van der Waals surface area (Å²) in [6.45, 7) is 1.92. The van der Waals surface area contributed by atoms with Gasteiger partial charge in [0.05, 0.1) is 14.2 Å². The van der Waals surface area contributed by atoms with Gasteiger partial charge in [0.25, 0.3) is 5.91 Å². The Hall–Kier alpha value is -2.21. The maximum atomic E-state index is 12.4. The summed E-state index contributed by atoms with van der Waals surface area (Å²) < 4.78 is 10.6.